The molecule has 1 saturated heterocycles. The molecule has 1 aliphatic rings. The first-order valence-electron chi connectivity index (χ1n) is 8.04. The number of hydrogen-bond acceptors (Lipinski definition) is 4. The number of ketones is 1. The van der Waals surface area contributed by atoms with Gasteiger partial charge in [-0.15, -0.1) is 0 Å². The lowest BCUT2D eigenvalue weighted by atomic mass is 9.97. The fourth-order valence-corrected chi connectivity index (χ4v) is 3.20. The number of rotatable bonds is 5. The maximum absolute atomic E-state index is 11.6. The summed E-state index contributed by atoms with van der Waals surface area (Å²) >= 11 is 0. The van der Waals surface area contributed by atoms with Gasteiger partial charge < -0.3 is 5.11 Å². The number of hydrogen-bond donors (Lipinski definition) is 1. The monoisotopic (exact) mass is 324 g/mol. The zero-order chi connectivity index (χ0) is 17.1. The van der Waals surface area contributed by atoms with E-state index < -0.39 is 5.97 Å². The third-order valence-electron chi connectivity index (χ3n) is 4.45. The largest absolute Gasteiger partial charge is 0.480 e. The number of likely N-dealkylation sites (tertiary alicyclic amines) is 1. The van der Waals surface area contributed by atoms with Crippen LogP contribution in [0.2, 0.25) is 0 Å². The maximum atomic E-state index is 11.6. The normalized spacial score (nSPS) is 17.8. The van der Waals surface area contributed by atoms with Crippen LogP contribution in [0.25, 0.3) is 11.3 Å². The second-order valence-electron chi connectivity index (χ2n) is 6.23. The molecule has 0 amide bonds. The van der Waals surface area contributed by atoms with Gasteiger partial charge in [-0.25, -0.2) is 0 Å². The van der Waals surface area contributed by atoms with Crippen LogP contribution in [0.15, 0.2) is 42.6 Å². The highest BCUT2D eigenvalue weighted by molar-refractivity contribution is 5.95. The lowest BCUT2D eigenvalue weighted by Crippen LogP contribution is -2.27. The van der Waals surface area contributed by atoms with Crippen molar-refractivity contribution in [3.8, 4) is 11.3 Å². The highest BCUT2D eigenvalue weighted by Gasteiger charge is 2.25. The third kappa shape index (κ3) is 3.68. The van der Waals surface area contributed by atoms with E-state index >= 15 is 0 Å². The van der Waals surface area contributed by atoms with Crippen molar-refractivity contribution in [2.45, 2.75) is 19.3 Å². The molecular formula is C19H20N2O3. The molecule has 0 radical (unpaired) electrons. The molecule has 0 saturated carbocycles. The Morgan fingerprint density at radius 1 is 1.29 bits per heavy atom. The van der Waals surface area contributed by atoms with E-state index in [1.807, 2.05) is 35.2 Å². The molecule has 1 aromatic carbocycles. The Morgan fingerprint density at radius 3 is 2.88 bits per heavy atom. The molecule has 1 aliphatic heterocycles. The van der Waals surface area contributed by atoms with Crippen molar-refractivity contribution in [3.05, 3.63) is 53.7 Å². The molecule has 1 aromatic heterocycles. The zero-order valence-corrected chi connectivity index (χ0v) is 13.6. The number of carbonyl (C=O) groups excluding carboxylic acids is 1. The molecule has 5 nitrogen and oxygen atoms in total. The van der Waals surface area contributed by atoms with E-state index in [2.05, 4.69) is 4.98 Å². The summed E-state index contributed by atoms with van der Waals surface area (Å²) in [6.07, 6.45) is 2.73. The molecule has 1 N–H and O–H groups in total. The maximum Gasteiger partial charge on any atom is 0.317 e. The zero-order valence-electron chi connectivity index (χ0n) is 13.6. The molecule has 1 unspecified atom stereocenters. The Morgan fingerprint density at radius 2 is 2.12 bits per heavy atom. The van der Waals surface area contributed by atoms with Crippen molar-refractivity contribution < 1.29 is 14.7 Å². The van der Waals surface area contributed by atoms with Gasteiger partial charge in [0.2, 0.25) is 0 Å². The molecule has 0 aliphatic carbocycles. The molecule has 2 aromatic rings. The summed E-state index contributed by atoms with van der Waals surface area (Å²) in [7, 11) is 0. The molecule has 2 heterocycles. The predicted octanol–water partition coefficient (Wildman–Crippen LogP) is 2.83. The van der Waals surface area contributed by atoms with Crippen LogP contribution in [0.5, 0.6) is 0 Å². The van der Waals surface area contributed by atoms with Gasteiger partial charge in [0, 0.05) is 23.9 Å². The van der Waals surface area contributed by atoms with Crippen LogP contribution >= 0.6 is 0 Å². The Labute approximate surface area is 140 Å². The number of nitrogens with zero attached hydrogens (tertiary/aromatic N) is 2. The fourth-order valence-electron chi connectivity index (χ4n) is 3.20. The van der Waals surface area contributed by atoms with E-state index in [9.17, 15) is 9.59 Å². The van der Waals surface area contributed by atoms with E-state index in [-0.39, 0.29) is 12.3 Å². The number of carboxylic acid groups (broad SMARTS) is 1. The smallest absolute Gasteiger partial charge is 0.317 e. The summed E-state index contributed by atoms with van der Waals surface area (Å²) in [5.41, 5.74) is 3.60. The van der Waals surface area contributed by atoms with Crippen LogP contribution in [0.1, 0.15) is 35.2 Å². The minimum absolute atomic E-state index is 0.0353. The standard InChI is InChI=1S/C19H20N2O3/c1-13(22)14-3-2-4-16(9-14)18-10-15(5-7-20-18)17-6-8-21(11-17)12-19(23)24/h2-5,7,9-10,17H,6,8,11-12H2,1H3,(H,23,24). The predicted molar refractivity (Wildman–Crippen MR) is 91.1 cm³/mol. The molecule has 1 fully saturated rings. The topological polar surface area (TPSA) is 70.5 Å². The van der Waals surface area contributed by atoms with E-state index in [1.165, 1.54) is 5.56 Å². The summed E-state index contributed by atoms with van der Waals surface area (Å²) in [5.74, 6) is -0.428. The van der Waals surface area contributed by atoms with Crippen LogP contribution < -0.4 is 0 Å². The van der Waals surface area contributed by atoms with Crippen LogP contribution in [-0.2, 0) is 4.79 Å². The highest BCUT2D eigenvalue weighted by atomic mass is 16.4. The molecule has 124 valence electrons. The Bertz CT molecular complexity index is 773. The second-order valence-corrected chi connectivity index (χ2v) is 6.23. The molecule has 5 heteroatoms. The first-order chi connectivity index (χ1) is 11.5. The summed E-state index contributed by atoms with van der Waals surface area (Å²) in [6.45, 7) is 3.20. The molecule has 1 atom stereocenters. The van der Waals surface area contributed by atoms with Gasteiger partial charge in [0.05, 0.1) is 12.2 Å². The number of aromatic nitrogens is 1. The van der Waals surface area contributed by atoms with Gasteiger partial charge in [-0.3, -0.25) is 19.5 Å². The first kappa shape index (κ1) is 16.3. The number of carboxylic acids is 1. The van der Waals surface area contributed by atoms with Crippen LogP contribution in [0, 0.1) is 0 Å². The quantitative estimate of drug-likeness (QED) is 0.856. The molecule has 24 heavy (non-hydrogen) atoms. The third-order valence-corrected chi connectivity index (χ3v) is 4.45. The first-order valence-corrected chi connectivity index (χ1v) is 8.04. The lowest BCUT2D eigenvalue weighted by molar-refractivity contribution is -0.138. The second kappa shape index (κ2) is 6.93. The number of aliphatic carboxylic acids is 1. The number of Topliss-reactive ketones (excluding diaryl/α,β-unsaturated/α-hetero) is 1. The van der Waals surface area contributed by atoms with E-state index in [0.29, 0.717) is 11.5 Å². The van der Waals surface area contributed by atoms with Gasteiger partial charge in [-0.05, 0) is 49.6 Å². The van der Waals surface area contributed by atoms with Crippen molar-refractivity contribution in [2.24, 2.45) is 0 Å². The van der Waals surface area contributed by atoms with Gasteiger partial charge in [-0.2, -0.15) is 0 Å². The van der Waals surface area contributed by atoms with Gasteiger partial charge in [0.15, 0.2) is 5.78 Å². The van der Waals surface area contributed by atoms with Crippen LogP contribution in [-0.4, -0.2) is 46.4 Å². The summed E-state index contributed by atoms with van der Waals surface area (Å²) < 4.78 is 0. The number of pyridine rings is 1. The average molecular weight is 324 g/mol. The van der Waals surface area contributed by atoms with Crippen molar-refractivity contribution in [2.75, 3.05) is 19.6 Å². The van der Waals surface area contributed by atoms with Crippen molar-refractivity contribution in [1.82, 2.24) is 9.88 Å². The highest BCUT2D eigenvalue weighted by Crippen LogP contribution is 2.29. The fraction of sp³-hybridized carbons (Fsp3) is 0.316. The van der Waals surface area contributed by atoms with Gasteiger partial charge in [0.1, 0.15) is 0 Å². The van der Waals surface area contributed by atoms with Gasteiger partial charge in [0.25, 0.3) is 0 Å². The van der Waals surface area contributed by atoms with Gasteiger partial charge in [-0.1, -0.05) is 18.2 Å². The van der Waals surface area contributed by atoms with E-state index in [4.69, 9.17) is 5.11 Å². The molecular weight excluding hydrogens is 304 g/mol. The Balaban J connectivity index is 1.81. The van der Waals surface area contributed by atoms with E-state index in [0.717, 1.165) is 30.8 Å². The Kier molecular flexibility index (Phi) is 4.71. The van der Waals surface area contributed by atoms with E-state index in [1.54, 1.807) is 19.2 Å². The minimum Gasteiger partial charge on any atom is -0.480 e. The van der Waals surface area contributed by atoms with Crippen molar-refractivity contribution in [1.29, 1.82) is 0 Å². The molecule has 0 spiro atoms. The summed E-state index contributed by atoms with van der Waals surface area (Å²) in [4.78, 5) is 28.8. The van der Waals surface area contributed by atoms with Gasteiger partial charge >= 0.3 is 5.97 Å². The van der Waals surface area contributed by atoms with Crippen molar-refractivity contribution >= 4 is 11.8 Å². The van der Waals surface area contributed by atoms with Crippen LogP contribution in [0.4, 0.5) is 0 Å². The average Bonchev–Trinajstić information content (AvgIpc) is 3.03. The Hall–Kier alpha value is -2.53. The molecule has 3 rings (SSSR count). The lowest BCUT2D eigenvalue weighted by Gasteiger charge is -2.14. The van der Waals surface area contributed by atoms with Crippen molar-refractivity contribution in [3.63, 3.8) is 0 Å². The SMILES string of the molecule is CC(=O)c1cccc(-c2cc(C3CCN(CC(=O)O)C3)ccn2)c1. The summed E-state index contributed by atoms with van der Waals surface area (Å²) in [6, 6.07) is 11.5. The number of carbonyl (C=O) groups is 2. The van der Waals surface area contributed by atoms with Crippen LogP contribution in [0.3, 0.4) is 0 Å². The minimum atomic E-state index is -0.785. The number of benzene rings is 1. The summed E-state index contributed by atoms with van der Waals surface area (Å²) in [5, 5.41) is 8.92. The molecule has 0 bridgehead atoms.